The SMILES string of the molecule is CC(O)c1ccc(CNC(=O)c2cn[nH]c2C2CCOCC2)cc1. The van der Waals surface area contributed by atoms with Gasteiger partial charge in [-0.15, -0.1) is 0 Å². The first-order valence-electron chi connectivity index (χ1n) is 8.31. The predicted octanol–water partition coefficient (Wildman–Crippen LogP) is 2.29. The summed E-state index contributed by atoms with van der Waals surface area (Å²) in [4.78, 5) is 12.5. The van der Waals surface area contributed by atoms with Gasteiger partial charge in [0.15, 0.2) is 0 Å². The van der Waals surface area contributed by atoms with Crippen LogP contribution in [-0.2, 0) is 11.3 Å². The Morgan fingerprint density at radius 2 is 2.08 bits per heavy atom. The van der Waals surface area contributed by atoms with Gasteiger partial charge in [-0.25, -0.2) is 0 Å². The summed E-state index contributed by atoms with van der Waals surface area (Å²) >= 11 is 0. The number of H-pyrrole nitrogens is 1. The zero-order valence-corrected chi connectivity index (χ0v) is 13.8. The van der Waals surface area contributed by atoms with E-state index in [4.69, 9.17) is 4.74 Å². The van der Waals surface area contributed by atoms with E-state index >= 15 is 0 Å². The van der Waals surface area contributed by atoms with E-state index in [9.17, 15) is 9.90 Å². The second kappa shape index (κ2) is 7.59. The quantitative estimate of drug-likeness (QED) is 0.785. The third kappa shape index (κ3) is 3.83. The summed E-state index contributed by atoms with van der Waals surface area (Å²) < 4.78 is 5.38. The smallest absolute Gasteiger partial charge is 0.255 e. The molecule has 6 heteroatoms. The normalized spacial score (nSPS) is 16.8. The monoisotopic (exact) mass is 329 g/mol. The molecular weight excluding hydrogens is 306 g/mol. The van der Waals surface area contributed by atoms with Crippen LogP contribution in [0.2, 0.25) is 0 Å². The van der Waals surface area contributed by atoms with Crippen LogP contribution in [0.25, 0.3) is 0 Å². The lowest BCUT2D eigenvalue weighted by Gasteiger charge is -2.21. The number of aromatic amines is 1. The first-order valence-corrected chi connectivity index (χ1v) is 8.31. The van der Waals surface area contributed by atoms with E-state index in [0.29, 0.717) is 18.0 Å². The molecule has 1 aliphatic rings. The molecule has 0 spiro atoms. The van der Waals surface area contributed by atoms with Crippen molar-refractivity contribution in [1.29, 1.82) is 0 Å². The molecule has 1 amide bonds. The van der Waals surface area contributed by atoms with E-state index < -0.39 is 6.10 Å². The lowest BCUT2D eigenvalue weighted by atomic mass is 9.94. The highest BCUT2D eigenvalue weighted by molar-refractivity contribution is 5.95. The van der Waals surface area contributed by atoms with Crippen molar-refractivity contribution in [1.82, 2.24) is 15.5 Å². The largest absolute Gasteiger partial charge is 0.389 e. The van der Waals surface area contributed by atoms with Crippen LogP contribution in [0, 0.1) is 0 Å². The van der Waals surface area contributed by atoms with Crippen molar-refractivity contribution in [3.8, 4) is 0 Å². The molecule has 0 aliphatic carbocycles. The number of hydrogen-bond acceptors (Lipinski definition) is 4. The van der Waals surface area contributed by atoms with Crippen molar-refractivity contribution in [2.45, 2.75) is 38.3 Å². The number of amides is 1. The number of nitrogens with one attached hydrogen (secondary N) is 2. The first-order chi connectivity index (χ1) is 11.6. The molecule has 3 rings (SSSR count). The van der Waals surface area contributed by atoms with Gasteiger partial charge in [0.05, 0.1) is 23.6 Å². The van der Waals surface area contributed by atoms with Crippen molar-refractivity contribution in [2.75, 3.05) is 13.2 Å². The molecule has 2 aromatic rings. The van der Waals surface area contributed by atoms with Gasteiger partial charge >= 0.3 is 0 Å². The topological polar surface area (TPSA) is 87.2 Å². The minimum atomic E-state index is -0.485. The van der Waals surface area contributed by atoms with Gasteiger partial charge < -0.3 is 15.2 Å². The maximum atomic E-state index is 12.5. The minimum absolute atomic E-state index is 0.121. The average molecular weight is 329 g/mol. The summed E-state index contributed by atoms with van der Waals surface area (Å²) in [6.07, 6.45) is 2.92. The number of aromatic nitrogens is 2. The zero-order valence-electron chi connectivity index (χ0n) is 13.8. The number of nitrogens with zero attached hydrogens (tertiary/aromatic N) is 1. The standard InChI is InChI=1S/C18H23N3O3/c1-12(22)14-4-2-13(3-5-14)10-19-18(23)16-11-20-21-17(16)15-6-8-24-9-7-15/h2-5,11-12,15,22H,6-10H2,1H3,(H,19,23)(H,20,21). The summed E-state index contributed by atoms with van der Waals surface area (Å²) in [5.74, 6) is 0.178. The van der Waals surface area contributed by atoms with E-state index in [1.54, 1.807) is 13.1 Å². The van der Waals surface area contributed by atoms with Crippen LogP contribution in [-0.4, -0.2) is 34.4 Å². The van der Waals surface area contributed by atoms with Gasteiger partial charge in [-0.2, -0.15) is 5.10 Å². The highest BCUT2D eigenvalue weighted by Crippen LogP contribution is 2.27. The maximum absolute atomic E-state index is 12.5. The molecule has 1 saturated heterocycles. The molecule has 0 radical (unpaired) electrons. The Morgan fingerprint density at radius 3 is 2.75 bits per heavy atom. The summed E-state index contributed by atoms with van der Waals surface area (Å²) in [6.45, 7) is 3.62. The van der Waals surface area contributed by atoms with Crippen molar-refractivity contribution in [3.63, 3.8) is 0 Å². The van der Waals surface area contributed by atoms with Crippen LogP contribution in [0.3, 0.4) is 0 Å². The Balaban J connectivity index is 1.62. The Labute approximate surface area is 141 Å². The number of ether oxygens (including phenoxy) is 1. The van der Waals surface area contributed by atoms with Gasteiger partial charge in [-0.1, -0.05) is 24.3 Å². The first kappa shape index (κ1) is 16.7. The van der Waals surface area contributed by atoms with E-state index in [2.05, 4.69) is 15.5 Å². The number of carbonyl (C=O) groups is 1. The second-order valence-electron chi connectivity index (χ2n) is 6.18. The fraction of sp³-hybridized carbons (Fsp3) is 0.444. The highest BCUT2D eigenvalue weighted by Gasteiger charge is 2.23. The molecule has 128 valence electrons. The van der Waals surface area contributed by atoms with E-state index in [1.807, 2.05) is 24.3 Å². The lowest BCUT2D eigenvalue weighted by Crippen LogP contribution is -2.25. The number of benzene rings is 1. The summed E-state index contributed by atoms with van der Waals surface area (Å²) in [5, 5.41) is 19.5. The van der Waals surface area contributed by atoms with Crippen LogP contribution < -0.4 is 5.32 Å². The Hall–Kier alpha value is -2.18. The Bertz CT molecular complexity index is 673. The molecule has 24 heavy (non-hydrogen) atoms. The van der Waals surface area contributed by atoms with E-state index in [-0.39, 0.29) is 5.91 Å². The van der Waals surface area contributed by atoms with Crippen molar-refractivity contribution in [2.24, 2.45) is 0 Å². The molecular formula is C18H23N3O3. The molecule has 1 fully saturated rings. The molecule has 1 atom stereocenters. The van der Waals surface area contributed by atoms with Gasteiger partial charge in [0.2, 0.25) is 0 Å². The third-order valence-electron chi connectivity index (χ3n) is 4.46. The lowest BCUT2D eigenvalue weighted by molar-refractivity contribution is 0.0833. The van der Waals surface area contributed by atoms with Crippen LogP contribution >= 0.6 is 0 Å². The summed E-state index contributed by atoms with van der Waals surface area (Å²) in [5.41, 5.74) is 3.37. The van der Waals surface area contributed by atoms with Crippen LogP contribution in [0.15, 0.2) is 30.5 Å². The van der Waals surface area contributed by atoms with Gasteiger partial charge in [0, 0.05) is 25.7 Å². The predicted molar refractivity (Wildman–Crippen MR) is 89.6 cm³/mol. The molecule has 1 aromatic carbocycles. The molecule has 0 saturated carbocycles. The number of hydrogen-bond donors (Lipinski definition) is 3. The molecule has 3 N–H and O–H groups in total. The van der Waals surface area contributed by atoms with Crippen molar-refractivity contribution in [3.05, 3.63) is 52.8 Å². The maximum Gasteiger partial charge on any atom is 0.255 e. The van der Waals surface area contributed by atoms with Crippen LogP contribution in [0.4, 0.5) is 0 Å². The summed E-state index contributed by atoms with van der Waals surface area (Å²) in [6, 6.07) is 7.57. The Morgan fingerprint density at radius 1 is 1.38 bits per heavy atom. The van der Waals surface area contributed by atoms with E-state index in [0.717, 1.165) is 42.9 Å². The summed E-state index contributed by atoms with van der Waals surface area (Å²) in [7, 11) is 0. The minimum Gasteiger partial charge on any atom is -0.389 e. The molecule has 0 bridgehead atoms. The second-order valence-corrected chi connectivity index (χ2v) is 6.18. The molecule has 1 aliphatic heterocycles. The van der Waals surface area contributed by atoms with Crippen molar-refractivity contribution >= 4 is 5.91 Å². The van der Waals surface area contributed by atoms with Gasteiger partial charge in [-0.3, -0.25) is 9.89 Å². The number of carbonyl (C=O) groups excluding carboxylic acids is 1. The number of rotatable bonds is 5. The average Bonchev–Trinajstić information content (AvgIpc) is 3.10. The third-order valence-corrected chi connectivity index (χ3v) is 4.46. The number of aliphatic hydroxyl groups is 1. The molecule has 1 unspecified atom stereocenters. The highest BCUT2D eigenvalue weighted by atomic mass is 16.5. The fourth-order valence-corrected chi connectivity index (χ4v) is 2.97. The van der Waals surface area contributed by atoms with Crippen LogP contribution in [0.5, 0.6) is 0 Å². The van der Waals surface area contributed by atoms with Crippen LogP contribution in [0.1, 0.15) is 59.0 Å². The molecule has 6 nitrogen and oxygen atoms in total. The van der Waals surface area contributed by atoms with Gasteiger partial charge in [0.25, 0.3) is 5.91 Å². The zero-order chi connectivity index (χ0) is 16.9. The van der Waals surface area contributed by atoms with E-state index in [1.165, 1.54) is 0 Å². The number of aliphatic hydroxyl groups excluding tert-OH is 1. The van der Waals surface area contributed by atoms with Gasteiger partial charge in [0.1, 0.15) is 0 Å². The van der Waals surface area contributed by atoms with Gasteiger partial charge in [-0.05, 0) is 30.9 Å². The Kier molecular flexibility index (Phi) is 5.27. The molecule has 2 heterocycles. The fourth-order valence-electron chi connectivity index (χ4n) is 2.97. The molecule has 1 aromatic heterocycles. The van der Waals surface area contributed by atoms with Crippen molar-refractivity contribution < 1.29 is 14.6 Å².